The van der Waals surface area contributed by atoms with Crippen LogP contribution in [0.3, 0.4) is 0 Å². The third-order valence-corrected chi connectivity index (χ3v) is 3.44. The van der Waals surface area contributed by atoms with Gasteiger partial charge in [-0.2, -0.15) is 0 Å². The van der Waals surface area contributed by atoms with E-state index in [0.29, 0.717) is 0 Å². The molecule has 2 heterocycles. The van der Waals surface area contributed by atoms with Crippen molar-refractivity contribution in [2.24, 2.45) is 14.1 Å². The summed E-state index contributed by atoms with van der Waals surface area (Å²) in [6.07, 6.45) is 3.44. The van der Waals surface area contributed by atoms with Gasteiger partial charge in [0.05, 0.1) is 5.69 Å². The van der Waals surface area contributed by atoms with Crippen LogP contribution in [-0.4, -0.2) is 50.4 Å². The van der Waals surface area contributed by atoms with Gasteiger partial charge in [-0.05, 0) is 6.92 Å². The average molecular weight is 347 g/mol. The molecule has 0 fully saturated rings. The monoisotopic (exact) mass is 347 g/mol. The van der Waals surface area contributed by atoms with E-state index in [-0.39, 0.29) is 36.3 Å². The number of aromatic nitrogens is 4. The summed E-state index contributed by atoms with van der Waals surface area (Å²) in [5.74, 6) is -0.397. The van der Waals surface area contributed by atoms with Crippen molar-refractivity contribution in [1.29, 1.82) is 0 Å². The van der Waals surface area contributed by atoms with E-state index in [4.69, 9.17) is 0 Å². The number of carbonyl (C=O) groups is 3. The number of nitrogens with one attached hydrogen (secondary N) is 3. The summed E-state index contributed by atoms with van der Waals surface area (Å²) in [7, 11) is 4.89. The van der Waals surface area contributed by atoms with E-state index in [2.05, 4.69) is 25.9 Å². The lowest BCUT2D eigenvalue weighted by Crippen LogP contribution is -2.30. The molecule has 0 unspecified atom stereocenters. The Hall–Kier alpha value is -3.17. The normalized spacial score (nSPS) is 10.4. The van der Waals surface area contributed by atoms with Gasteiger partial charge in [0.2, 0.25) is 11.7 Å². The van der Waals surface area contributed by atoms with Crippen LogP contribution in [0.25, 0.3) is 0 Å². The molecule has 0 saturated heterocycles. The van der Waals surface area contributed by atoms with E-state index in [1.54, 1.807) is 31.8 Å². The summed E-state index contributed by atoms with van der Waals surface area (Å²) in [4.78, 5) is 43.7. The summed E-state index contributed by atoms with van der Waals surface area (Å²) >= 11 is 0. The van der Waals surface area contributed by atoms with Crippen molar-refractivity contribution in [3.63, 3.8) is 0 Å². The standard InChI is InChI=1S/C15H21N7O3/c1-9-7-21(3)13(18-9)15(25)20-10-8-22(4)12(19-10)14(24)17-6-5-11(23)16-2/h7-8H,5-6H2,1-4H3,(H,16,23)(H,17,24)(H,20,25). The van der Waals surface area contributed by atoms with Crippen LogP contribution in [0.4, 0.5) is 5.82 Å². The first-order valence-electron chi connectivity index (χ1n) is 7.65. The van der Waals surface area contributed by atoms with Gasteiger partial charge in [-0.15, -0.1) is 0 Å². The molecule has 2 aromatic heterocycles. The number of hydrogen-bond donors (Lipinski definition) is 3. The molecule has 0 saturated carbocycles. The van der Waals surface area contributed by atoms with Crippen LogP contribution in [0.2, 0.25) is 0 Å². The molecule has 10 heteroatoms. The molecule has 3 amide bonds. The van der Waals surface area contributed by atoms with Crippen LogP contribution in [0.1, 0.15) is 33.4 Å². The van der Waals surface area contributed by atoms with E-state index < -0.39 is 11.8 Å². The van der Waals surface area contributed by atoms with Gasteiger partial charge in [0, 0.05) is 46.5 Å². The van der Waals surface area contributed by atoms with E-state index in [0.717, 1.165) is 5.69 Å². The molecule has 0 atom stereocenters. The zero-order chi connectivity index (χ0) is 18.6. The van der Waals surface area contributed by atoms with Crippen molar-refractivity contribution in [2.75, 3.05) is 18.9 Å². The topological polar surface area (TPSA) is 123 Å². The van der Waals surface area contributed by atoms with Gasteiger partial charge in [-0.25, -0.2) is 9.97 Å². The molecule has 0 spiro atoms. The number of nitrogens with zero attached hydrogens (tertiary/aromatic N) is 4. The SMILES string of the molecule is CNC(=O)CCNC(=O)c1nc(NC(=O)c2nc(C)cn2C)cn1C. The molecule has 0 aliphatic carbocycles. The molecule has 0 aliphatic rings. The van der Waals surface area contributed by atoms with Gasteiger partial charge < -0.3 is 25.1 Å². The van der Waals surface area contributed by atoms with E-state index in [9.17, 15) is 14.4 Å². The Morgan fingerprint density at radius 1 is 1.04 bits per heavy atom. The zero-order valence-electron chi connectivity index (χ0n) is 14.6. The first-order valence-corrected chi connectivity index (χ1v) is 7.65. The number of carbonyl (C=O) groups excluding carboxylic acids is 3. The Kier molecular flexibility index (Phi) is 5.52. The molecule has 0 aliphatic heterocycles. The molecule has 0 aromatic carbocycles. The summed E-state index contributed by atoms with van der Waals surface area (Å²) < 4.78 is 3.11. The molecule has 10 nitrogen and oxygen atoms in total. The highest BCUT2D eigenvalue weighted by Crippen LogP contribution is 2.09. The Labute approximate surface area is 144 Å². The summed E-state index contributed by atoms with van der Waals surface area (Å²) in [6.45, 7) is 1.98. The number of imidazole rings is 2. The van der Waals surface area contributed by atoms with Crippen molar-refractivity contribution >= 4 is 23.5 Å². The largest absolute Gasteiger partial charge is 0.359 e. The van der Waals surface area contributed by atoms with Crippen LogP contribution in [0, 0.1) is 6.92 Å². The second kappa shape index (κ2) is 7.60. The summed E-state index contributed by atoms with van der Waals surface area (Å²) in [6, 6.07) is 0. The van der Waals surface area contributed by atoms with E-state index in [1.165, 1.54) is 17.8 Å². The number of anilines is 1. The quantitative estimate of drug-likeness (QED) is 0.655. The van der Waals surface area contributed by atoms with Crippen LogP contribution < -0.4 is 16.0 Å². The molecule has 2 aromatic rings. The Morgan fingerprint density at radius 3 is 2.28 bits per heavy atom. The molecular formula is C15H21N7O3. The lowest BCUT2D eigenvalue weighted by Gasteiger charge is -2.04. The minimum Gasteiger partial charge on any atom is -0.359 e. The third-order valence-electron chi connectivity index (χ3n) is 3.44. The zero-order valence-corrected chi connectivity index (χ0v) is 14.6. The maximum atomic E-state index is 12.2. The average Bonchev–Trinajstić information content (AvgIpc) is 3.08. The third kappa shape index (κ3) is 4.43. The Balaban J connectivity index is 2.01. The van der Waals surface area contributed by atoms with Crippen molar-refractivity contribution in [2.45, 2.75) is 13.3 Å². The predicted molar refractivity (Wildman–Crippen MR) is 90.1 cm³/mol. The van der Waals surface area contributed by atoms with Crippen molar-refractivity contribution < 1.29 is 14.4 Å². The van der Waals surface area contributed by atoms with Crippen molar-refractivity contribution in [3.8, 4) is 0 Å². The fourth-order valence-electron chi connectivity index (χ4n) is 2.23. The van der Waals surface area contributed by atoms with E-state index >= 15 is 0 Å². The molecule has 2 rings (SSSR count). The number of amides is 3. The lowest BCUT2D eigenvalue weighted by atomic mass is 10.4. The second-order valence-corrected chi connectivity index (χ2v) is 5.51. The minimum absolute atomic E-state index is 0.128. The molecule has 3 N–H and O–H groups in total. The lowest BCUT2D eigenvalue weighted by molar-refractivity contribution is -0.120. The fourth-order valence-corrected chi connectivity index (χ4v) is 2.23. The second-order valence-electron chi connectivity index (χ2n) is 5.51. The Morgan fingerprint density at radius 2 is 1.68 bits per heavy atom. The predicted octanol–water partition coefficient (Wildman–Crippen LogP) is -0.420. The smallest absolute Gasteiger partial charge is 0.292 e. The van der Waals surface area contributed by atoms with Crippen molar-refractivity contribution in [3.05, 3.63) is 29.7 Å². The number of rotatable bonds is 6. The molecule has 134 valence electrons. The van der Waals surface area contributed by atoms with Crippen LogP contribution in [-0.2, 0) is 18.9 Å². The van der Waals surface area contributed by atoms with Gasteiger partial charge in [-0.1, -0.05) is 0 Å². The first-order chi connectivity index (χ1) is 11.8. The molecular weight excluding hydrogens is 326 g/mol. The minimum atomic E-state index is -0.431. The van der Waals surface area contributed by atoms with Gasteiger partial charge in [0.15, 0.2) is 11.6 Å². The number of hydrogen-bond acceptors (Lipinski definition) is 5. The fraction of sp³-hybridized carbons (Fsp3) is 0.400. The van der Waals surface area contributed by atoms with Gasteiger partial charge >= 0.3 is 0 Å². The van der Waals surface area contributed by atoms with Crippen LogP contribution >= 0.6 is 0 Å². The molecule has 0 bridgehead atoms. The first kappa shape index (κ1) is 18.2. The maximum absolute atomic E-state index is 12.2. The Bertz CT molecular complexity index is 806. The summed E-state index contributed by atoms with van der Waals surface area (Å²) in [5.41, 5.74) is 0.727. The highest BCUT2D eigenvalue weighted by molar-refractivity contribution is 6.01. The van der Waals surface area contributed by atoms with Gasteiger partial charge in [-0.3, -0.25) is 14.4 Å². The van der Waals surface area contributed by atoms with Crippen molar-refractivity contribution in [1.82, 2.24) is 29.7 Å². The highest BCUT2D eigenvalue weighted by atomic mass is 16.2. The van der Waals surface area contributed by atoms with Gasteiger partial charge in [0.25, 0.3) is 11.8 Å². The number of aryl methyl sites for hydroxylation is 3. The van der Waals surface area contributed by atoms with Gasteiger partial charge in [0.1, 0.15) is 0 Å². The maximum Gasteiger partial charge on any atom is 0.292 e. The molecule has 25 heavy (non-hydrogen) atoms. The van der Waals surface area contributed by atoms with Crippen LogP contribution in [0.5, 0.6) is 0 Å². The van der Waals surface area contributed by atoms with Crippen LogP contribution in [0.15, 0.2) is 12.4 Å². The van der Waals surface area contributed by atoms with E-state index in [1.807, 2.05) is 0 Å². The molecule has 0 radical (unpaired) electrons. The highest BCUT2D eigenvalue weighted by Gasteiger charge is 2.18. The summed E-state index contributed by atoms with van der Waals surface area (Å²) in [5, 5.41) is 7.69.